The van der Waals surface area contributed by atoms with Gasteiger partial charge in [0, 0.05) is 6.07 Å². The predicted molar refractivity (Wildman–Crippen MR) is 82.1 cm³/mol. The van der Waals surface area contributed by atoms with Gasteiger partial charge in [0.2, 0.25) is 0 Å². The van der Waals surface area contributed by atoms with E-state index in [0.717, 1.165) is 0 Å². The van der Waals surface area contributed by atoms with Crippen LogP contribution in [-0.2, 0) is 0 Å². The van der Waals surface area contributed by atoms with Crippen molar-refractivity contribution >= 4 is 17.3 Å². The Bertz CT molecular complexity index is 804. The molecule has 0 aliphatic rings. The van der Waals surface area contributed by atoms with Crippen LogP contribution in [0.15, 0.2) is 60.7 Å². The van der Waals surface area contributed by atoms with Crippen LogP contribution < -0.4 is 0 Å². The molecule has 0 amide bonds. The molecule has 5 heteroatoms. The van der Waals surface area contributed by atoms with Gasteiger partial charge in [0.1, 0.15) is 5.82 Å². The molecule has 0 unspecified atom stereocenters. The summed E-state index contributed by atoms with van der Waals surface area (Å²) in [6.07, 6.45) is 4.56. The van der Waals surface area contributed by atoms with Crippen LogP contribution in [0, 0.1) is 27.3 Å². The molecule has 0 N–H and O–H groups in total. The maximum Gasteiger partial charge on any atom is 0.276 e. The van der Waals surface area contributed by atoms with Gasteiger partial charge in [-0.25, -0.2) is 4.39 Å². The zero-order chi connectivity index (χ0) is 15.9. The van der Waals surface area contributed by atoms with Crippen molar-refractivity contribution in [2.45, 2.75) is 0 Å². The van der Waals surface area contributed by atoms with Crippen LogP contribution in [0.25, 0.3) is 11.6 Å². The van der Waals surface area contributed by atoms with Gasteiger partial charge >= 0.3 is 0 Å². The fraction of sp³-hybridized carbons (Fsp3) is 0. The Balaban J connectivity index is 2.30. The molecule has 2 aromatic rings. The highest BCUT2D eigenvalue weighted by atomic mass is 19.1. The molecule has 4 nitrogen and oxygen atoms in total. The number of rotatable bonds is 4. The summed E-state index contributed by atoms with van der Waals surface area (Å²) in [6, 6.07) is 13.9. The van der Waals surface area contributed by atoms with Crippen LogP contribution in [-0.4, -0.2) is 4.92 Å². The van der Waals surface area contributed by atoms with Crippen LogP contribution in [0.3, 0.4) is 0 Å². The minimum absolute atomic E-state index is 0.0172. The van der Waals surface area contributed by atoms with Crippen LogP contribution in [0.5, 0.6) is 0 Å². The lowest BCUT2D eigenvalue weighted by Gasteiger charge is -1.98. The van der Waals surface area contributed by atoms with E-state index in [1.807, 2.05) is 6.07 Å². The number of nitro groups is 1. The van der Waals surface area contributed by atoms with Crippen molar-refractivity contribution in [3.63, 3.8) is 0 Å². The van der Waals surface area contributed by atoms with Crippen molar-refractivity contribution in [3.05, 3.63) is 87.7 Å². The summed E-state index contributed by atoms with van der Waals surface area (Å²) >= 11 is 0. The Hall–Kier alpha value is -3.26. The molecule has 0 atom stereocenters. The van der Waals surface area contributed by atoms with Gasteiger partial charge in [-0.1, -0.05) is 30.3 Å². The van der Waals surface area contributed by atoms with Crippen molar-refractivity contribution in [2.24, 2.45) is 0 Å². The average Bonchev–Trinajstić information content (AvgIpc) is 2.52. The largest absolute Gasteiger partial charge is 0.276 e. The van der Waals surface area contributed by atoms with Gasteiger partial charge < -0.3 is 0 Å². The SMILES string of the molecule is N#C/C(=C\C=C\c1ccccc1[N+](=O)[O-])c1cccc(F)c1. The third-order valence-corrected chi connectivity index (χ3v) is 2.93. The number of allylic oxidation sites excluding steroid dienone is 3. The number of nitro benzene ring substituents is 1. The normalized spacial score (nSPS) is 11.4. The van der Waals surface area contributed by atoms with Crippen LogP contribution in [0.2, 0.25) is 0 Å². The molecule has 2 rings (SSSR count). The van der Waals surface area contributed by atoms with Crippen LogP contribution in [0.4, 0.5) is 10.1 Å². The van der Waals surface area contributed by atoms with Crippen molar-refractivity contribution in [3.8, 4) is 6.07 Å². The highest BCUT2D eigenvalue weighted by Gasteiger charge is 2.08. The fourth-order valence-corrected chi connectivity index (χ4v) is 1.90. The van der Waals surface area contributed by atoms with Gasteiger partial charge in [-0.2, -0.15) is 5.26 Å². The Labute approximate surface area is 126 Å². The minimum atomic E-state index is -0.471. The van der Waals surface area contributed by atoms with E-state index in [0.29, 0.717) is 11.1 Å². The van der Waals surface area contributed by atoms with Crippen molar-refractivity contribution in [1.29, 1.82) is 5.26 Å². The van der Waals surface area contributed by atoms with Gasteiger partial charge in [-0.3, -0.25) is 10.1 Å². The second-order valence-electron chi connectivity index (χ2n) is 4.38. The predicted octanol–water partition coefficient (Wildman–Crippen LogP) is 4.35. The molecule has 0 heterocycles. The Morgan fingerprint density at radius 3 is 2.68 bits per heavy atom. The first-order valence-corrected chi connectivity index (χ1v) is 6.39. The summed E-state index contributed by atoms with van der Waals surface area (Å²) in [5.41, 5.74) is 1.14. The van der Waals surface area contributed by atoms with Crippen molar-refractivity contribution in [2.75, 3.05) is 0 Å². The maximum absolute atomic E-state index is 13.2. The topological polar surface area (TPSA) is 66.9 Å². The number of hydrogen-bond donors (Lipinski definition) is 0. The van der Waals surface area contributed by atoms with E-state index in [4.69, 9.17) is 5.26 Å². The molecule has 0 spiro atoms. The van der Waals surface area contributed by atoms with E-state index in [1.54, 1.807) is 24.3 Å². The standard InChI is InChI=1S/C17H11FN2O2/c18-16-9-4-7-14(11-16)15(12-19)8-3-6-13-5-1-2-10-17(13)20(21)22/h1-11H/b6-3+,15-8+. The highest BCUT2D eigenvalue weighted by Crippen LogP contribution is 2.20. The average molecular weight is 294 g/mol. The molecule has 0 aliphatic carbocycles. The molecule has 0 aliphatic heterocycles. The smallest absolute Gasteiger partial charge is 0.258 e. The molecule has 22 heavy (non-hydrogen) atoms. The van der Waals surface area contributed by atoms with Gasteiger partial charge in [-0.05, 0) is 35.9 Å². The Morgan fingerprint density at radius 1 is 1.23 bits per heavy atom. The van der Waals surface area contributed by atoms with Gasteiger partial charge in [-0.15, -0.1) is 0 Å². The van der Waals surface area contributed by atoms with Crippen molar-refractivity contribution in [1.82, 2.24) is 0 Å². The van der Waals surface area contributed by atoms with E-state index in [9.17, 15) is 14.5 Å². The summed E-state index contributed by atoms with van der Waals surface area (Å²) < 4.78 is 13.2. The molecular formula is C17H11FN2O2. The zero-order valence-corrected chi connectivity index (χ0v) is 11.4. The van der Waals surface area contributed by atoms with E-state index in [2.05, 4.69) is 0 Å². The Kier molecular flexibility index (Phi) is 4.78. The van der Waals surface area contributed by atoms with Crippen molar-refractivity contribution < 1.29 is 9.31 Å². The maximum atomic E-state index is 13.2. The molecule has 0 bridgehead atoms. The van der Waals surface area contributed by atoms with E-state index >= 15 is 0 Å². The summed E-state index contributed by atoms with van der Waals surface area (Å²) in [5, 5.41) is 20.0. The monoisotopic (exact) mass is 294 g/mol. The first-order chi connectivity index (χ1) is 10.6. The van der Waals surface area contributed by atoms with E-state index < -0.39 is 10.7 Å². The second kappa shape index (κ2) is 6.95. The van der Waals surface area contributed by atoms with Crippen LogP contribution in [0.1, 0.15) is 11.1 Å². The lowest BCUT2D eigenvalue weighted by Crippen LogP contribution is -1.90. The second-order valence-corrected chi connectivity index (χ2v) is 4.38. The first kappa shape index (κ1) is 15.1. The summed E-state index contributed by atoms with van der Waals surface area (Å²) in [7, 11) is 0. The number of nitriles is 1. The minimum Gasteiger partial charge on any atom is -0.258 e. The number of para-hydroxylation sites is 1. The van der Waals surface area contributed by atoms with Gasteiger partial charge in [0.25, 0.3) is 5.69 Å². The molecule has 0 saturated heterocycles. The summed E-state index contributed by atoms with van der Waals surface area (Å²) in [6.45, 7) is 0. The molecule has 2 aromatic carbocycles. The Morgan fingerprint density at radius 2 is 2.00 bits per heavy atom. The third kappa shape index (κ3) is 3.64. The highest BCUT2D eigenvalue weighted by molar-refractivity contribution is 5.79. The number of nitrogens with zero attached hydrogens (tertiary/aromatic N) is 2. The molecule has 0 saturated carbocycles. The molecule has 108 valence electrons. The number of halogens is 1. The quantitative estimate of drug-likeness (QED) is 0.364. The lowest BCUT2D eigenvalue weighted by molar-refractivity contribution is -0.385. The lowest BCUT2D eigenvalue weighted by atomic mass is 10.1. The van der Waals surface area contributed by atoms with Gasteiger partial charge in [0.05, 0.1) is 22.1 Å². The van der Waals surface area contributed by atoms with E-state index in [1.165, 1.54) is 42.5 Å². The summed E-state index contributed by atoms with van der Waals surface area (Å²) in [5.74, 6) is -0.429. The molecular weight excluding hydrogens is 283 g/mol. The zero-order valence-electron chi connectivity index (χ0n) is 11.4. The fourth-order valence-electron chi connectivity index (χ4n) is 1.90. The third-order valence-electron chi connectivity index (χ3n) is 2.93. The molecule has 0 radical (unpaired) electrons. The molecule has 0 fully saturated rings. The van der Waals surface area contributed by atoms with Gasteiger partial charge in [0.15, 0.2) is 0 Å². The molecule has 0 aromatic heterocycles. The van der Waals surface area contributed by atoms with Crippen LogP contribution >= 0.6 is 0 Å². The summed E-state index contributed by atoms with van der Waals surface area (Å²) in [4.78, 5) is 10.4. The number of benzene rings is 2. The number of hydrogen-bond acceptors (Lipinski definition) is 3. The van der Waals surface area contributed by atoms with E-state index in [-0.39, 0.29) is 11.3 Å². The first-order valence-electron chi connectivity index (χ1n) is 6.39.